The van der Waals surface area contributed by atoms with Crippen molar-refractivity contribution in [3.8, 4) is 0 Å². The number of rotatable bonds is 6. The summed E-state index contributed by atoms with van der Waals surface area (Å²) in [6, 6.07) is 34.6. The molecule has 0 aliphatic rings. The third-order valence-corrected chi connectivity index (χ3v) is 9.45. The van der Waals surface area contributed by atoms with E-state index in [1.165, 1.54) is 16.0 Å². The van der Waals surface area contributed by atoms with Crippen molar-refractivity contribution >= 4 is 32.3 Å². The second kappa shape index (κ2) is 8.25. The van der Waals surface area contributed by atoms with Gasteiger partial charge in [0.05, 0.1) is 5.44 Å². The molecule has 0 aliphatic heterocycles. The molecule has 5 rings (SSSR count). The van der Waals surface area contributed by atoms with Crippen LogP contribution >= 0.6 is 16.3 Å². The highest BCUT2D eigenvalue weighted by Crippen LogP contribution is 2.44. The van der Waals surface area contributed by atoms with Gasteiger partial charge in [-0.2, -0.15) is 0 Å². The van der Waals surface area contributed by atoms with Crippen LogP contribution in [-0.2, 0) is 0 Å². The van der Waals surface area contributed by atoms with Crippen molar-refractivity contribution in [2.45, 2.75) is 0 Å². The quantitative estimate of drug-likeness (QED) is 0.347. The first-order valence-corrected chi connectivity index (χ1v) is 12.1. The molecule has 3 nitrogen and oxygen atoms in total. The average molecular weight is 413 g/mol. The maximum atomic E-state index is 2.46. The minimum Gasteiger partial charge on any atom is -0.298 e. The van der Waals surface area contributed by atoms with Gasteiger partial charge in [0.1, 0.15) is 0 Å². The summed E-state index contributed by atoms with van der Waals surface area (Å²) < 4.78 is 7.08. The molecule has 5 heteroatoms. The van der Waals surface area contributed by atoms with Gasteiger partial charge < -0.3 is 0 Å². The van der Waals surface area contributed by atoms with Crippen LogP contribution in [0.4, 0.5) is 0 Å². The van der Waals surface area contributed by atoms with Gasteiger partial charge in [0, 0.05) is 38.9 Å². The number of aromatic nitrogens is 3. The van der Waals surface area contributed by atoms with E-state index >= 15 is 0 Å². The van der Waals surface area contributed by atoms with Crippen molar-refractivity contribution in [3.63, 3.8) is 0 Å². The van der Waals surface area contributed by atoms with Gasteiger partial charge in [-0.1, -0.05) is 60.7 Å². The van der Waals surface area contributed by atoms with E-state index in [0.29, 0.717) is 0 Å². The summed E-state index contributed by atoms with van der Waals surface area (Å²) in [6.45, 7) is 0. The van der Waals surface area contributed by atoms with Crippen molar-refractivity contribution in [3.05, 3.63) is 128 Å². The van der Waals surface area contributed by atoms with E-state index in [1.54, 1.807) is 0 Å². The lowest BCUT2D eigenvalue weighted by atomic mass is 10.4. The molecular formula is C24H21N3P2. The van der Waals surface area contributed by atoms with Gasteiger partial charge >= 0.3 is 0 Å². The zero-order valence-electron chi connectivity index (χ0n) is 15.9. The maximum absolute atomic E-state index is 2.46. The third-order valence-electron chi connectivity index (χ3n) is 4.75. The molecule has 0 amide bonds. The minimum atomic E-state index is -0.803. The number of hydrogen-bond acceptors (Lipinski definition) is 0. The molecule has 0 unspecified atom stereocenters. The summed E-state index contributed by atoms with van der Waals surface area (Å²) in [7, 11) is -1.46. The van der Waals surface area contributed by atoms with Crippen LogP contribution in [0.15, 0.2) is 128 Å². The zero-order chi connectivity index (χ0) is 19.5. The minimum absolute atomic E-state index is 0.661. The van der Waals surface area contributed by atoms with Crippen molar-refractivity contribution in [1.29, 1.82) is 0 Å². The van der Waals surface area contributed by atoms with Gasteiger partial charge in [-0.25, -0.2) is 0 Å². The highest BCUT2D eigenvalue weighted by Gasteiger charge is 2.24. The Morgan fingerprint density at radius 2 is 0.931 bits per heavy atom. The summed E-state index contributed by atoms with van der Waals surface area (Å²) in [5.74, 6) is 0. The molecule has 3 heterocycles. The van der Waals surface area contributed by atoms with Gasteiger partial charge in [-0.05, 0) is 47.0 Å². The van der Waals surface area contributed by atoms with E-state index in [-0.39, 0.29) is 0 Å². The molecule has 0 radical (unpaired) electrons. The molecule has 3 aromatic heterocycles. The summed E-state index contributed by atoms with van der Waals surface area (Å²) >= 11 is 0. The predicted octanol–water partition coefficient (Wildman–Crippen LogP) is 5.02. The Morgan fingerprint density at radius 1 is 0.448 bits per heavy atom. The summed E-state index contributed by atoms with van der Waals surface area (Å²) in [6.07, 6.45) is 10.8. The number of nitrogens with zero attached hydrogens (tertiary/aromatic N) is 3. The monoisotopic (exact) mass is 413 g/mol. The average Bonchev–Trinajstić information content (AvgIpc) is 3.55. The normalized spacial score (nSPS) is 11.4. The van der Waals surface area contributed by atoms with Crippen molar-refractivity contribution in [1.82, 2.24) is 13.0 Å². The molecule has 0 aliphatic carbocycles. The molecular weight excluding hydrogens is 392 g/mol. The van der Waals surface area contributed by atoms with Crippen LogP contribution < -0.4 is 16.0 Å². The fourth-order valence-electron chi connectivity index (χ4n) is 3.49. The molecule has 0 bridgehead atoms. The molecule has 0 spiro atoms. The van der Waals surface area contributed by atoms with Gasteiger partial charge in [0.15, 0.2) is 0 Å². The maximum Gasteiger partial charge on any atom is 0.220 e. The van der Waals surface area contributed by atoms with Crippen LogP contribution in [0.2, 0.25) is 0 Å². The molecule has 0 saturated heterocycles. The summed E-state index contributed by atoms with van der Waals surface area (Å²) in [4.78, 5) is 0. The van der Waals surface area contributed by atoms with Crippen LogP contribution in [0.5, 0.6) is 0 Å². The molecule has 0 atom stereocenters. The van der Waals surface area contributed by atoms with Crippen molar-refractivity contribution in [2.24, 2.45) is 0 Å². The molecule has 0 saturated carbocycles. The van der Waals surface area contributed by atoms with Gasteiger partial charge in [0.25, 0.3) is 0 Å². The fourth-order valence-corrected chi connectivity index (χ4v) is 8.19. The standard InChI is InChI=1S/C24H21N3P2/c1-3-12-22(13-4-1)28(23-14-5-2-6-15-23)24-16-11-21-27(24)29(25-17-7-8-18-25)26-19-9-10-20-26/h1-21H. The Labute approximate surface area is 173 Å². The molecule has 0 N–H and O–H groups in total. The molecule has 5 aromatic rings. The van der Waals surface area contributed by atoms with Gasteiger partial charge in [-0.15, -0.1) is 0 Å². The van der Waals surface area contributed by atoms with E-state index in [0.717, 1.165) is 0 Å². The highest BCUT2D eigenvalue weighted by molar-refractivity contribution is 7.80. The first-order valence-electron chi connectivity index (χ1n) is 9.56. The Bertz CT molecular complexity index is 1070. The largest absolute Gasteiger partial charge is 0.298 e. The first-order chi connectivity index (χ1) is 14.4. The second-order valence-electron chi connectivity index (χ2n) is 6.61. The van der Waals surface area contributed by atoms with Gasteiger partial charge in [0.2, 0.25) is 8.37 Å². The van der Waals surface area contributed by atoms with E-state index in [4.69, 9.17) is 0 Å². The van der Waals surface area contributed by atoms with E-state index in [1.807, 2.05) is 0 Å². The summed E-state index contributed by atoms with van der Waals surface area (Å²) in [5.41, 5.74) is 1.35. The highest BCUT2D eigenvalue weighted by atomic mass is 31.2. The molecule has 142 valence electrons. The smallest absolute Gasteiger partial charge is 0.220 e. The van der Waals surface area contributed by atoms with Crippen LogP contribution in [0, 0.1) is 0 Å². The first kappa shape index (κ1) is 18.2. The van der Waals surface area contributed by atoms with Crippen LogP contribution in [0.3, 0.4) is 0 Å². The Morgan fingerprint density at radius 3 is 1.41 bits per heavy atom. The Balaban J connectivity index is 1.69. The Kier molecular flexibility index (Phi) is 5.17. The lowest BCUT2D eigenvalue weighted by molar-refractivity contribution is 1.07. The van der Waals surface area contributed by atoms with E-state index in [2.05, 4.69) is 141 Å². The predicted molar refractivity (Wildman–Crippen MR) is 125 cm³/mol. The SMILES string of the molecule is c1ccc(P(c2ccccc2)c2cccn2P(n2cccc2)n2cccc2)cc1. The molecule has 29 heavy (non-hydrogen) atoms. The van der Waals surface area contributed by atoms with E-state index in [9.17, 15) is 0 Å². The molecule has 0 fully saturated rings. The van der Waals surface area contributed by atoms with Gasteiger partial charge in [-0.3, -0.25) is 13.0 Å². The van der Waals surface area contributed by atoms with Crippen molar-refractivity contribution < 1.29 is 0 Å². The zero-order valence-corrected chi connectivity index (χ0v) is 17.6. The number of benzene rings is 2. The van der Waals surface area contributed by atoms with Crippen LogP contribution in [0.1, 0.15) is 0 Å². The summed E-state index contributed by atoms with van der Waals surface area (Å²) in [5, 5.41) is 2.73. The fraction of sp³-hybridized carbons (Fsp3) is 0. The lowest BCUT2D eigenvalue weighted by Gasteiger charge is -2.27. The molecule has 2 aromatic carbocycles. The van der Waals surface area contributed by atoms with E-state index < -0.39 is 16.3 Å². The lowest BCUT2D eigenvalue weighted by Crippen LogP contribution is -2.26. The second-order valence-corrected chi connectivity index (χ2v) is 10.7. The van der Waals surface area contributed by atoms with Crippen LogP contribution in [0.25, 0.3) is 0 Å². The number of hydrogen-bond donors (Lipinski definition) is 0. The third kappa shape index (κ3) is 3.60. The Hall–Kier alpha value is -2.86. The topological polar surface area (TPSA) is 14.8 Å². The van der Waals surface area contributed by atoms with Crippen molar-refractivity contribution in [2.75, 3.05) is 0 Å². The van der Waals surface area contributed by atoms with Crippen LogP contribution in [-0.4, -0.2) is 13.0 Å².